The van der Waals surface area contributed by atoms with Gasteiger partial charge in [0.15, 0.2) is 0 Å². The average Bonchev–Trinajstić information content (AvgIpc) is 2.00. The molecule has 0 aromatic heterocycles. The van der Waals surface area contributed by atoms with E-state index in [1.807, 2.05) is 6.07 Å². The average molecular weight is 156 g/mol. The summed E-state index contributed by atoms with van der Waals surface area (Å²) in [4.78, 5) is 12.2. The maximum Gasteiger partial charge on any atom is 0.409 e. The molecule has 0 aromatic rings. The molecule has 0 aliphatic rings. The minimum Gasteiger partial charge on any atom is -0.450 e. The highest BCUT2D eigenvalue weighted by Crippen LogP contribution is 1.90. The van der Waals surface area contributed by atoms with Gasteiger partial charge >= 0.3 is 6.09 Å². The molecule has 0 aliphatic carbocycles. The van der Waals surface area contributed by atoms with Crippen LogP contribution in [0.1, 0.15) is 13.3 Å². The third-order valence-corrected chi connectivity index (χ3v) is 1.14. The Balaban J connectivity index is 3.57. The van der Waals surface area contributed by atoms with Gasteiger partial charge in [0.2, 0.25) is 0 Å². The Labute approximate surface area is 66.4 Å². The van der Waals surface area contributed by atoms with Crippen LogP contribution in [0.5, 0.6) is 0 Å². The first-order valence-corrected chi connectivity index (χ1v) is 3.47. The summed E-state index contributed by atoms with van der Waals surface area (Å²) in [7, 11) is 1.61. The molecule has 0 fully saturated rings. The van der Waals surface area contributed by atoms with Gasteiger partial charge < -0.3 is 9.64 Å². The third-order valence-electron chi connectivity index (χ3n) is 1.14. The third kappa shape index (κ3) is 4.20. The Morgan fingerprint density at radius 3 is 2.82 bits per heavy atom. The van der Waals surface area contributed by atoms with Crippen molar-refractivity contribution in [3.63, 3.8) is 0 Å². The van der Waals surface area contributed by atoms with Crippen LogP contribution < -0.4 is 0 Å². The zero-order chi connectivity index (χ0) is 8.69. The van der Waals surface area contributed by atoms with Gasteiger partial charge in [0.05, 0.1) is 19.1 Å². The molecule has 0 aliphatic heterocycles. The molecule has 0 unspecified atom stereocenters. The molecule has 0 atom stereocenters. The highest BCUT2D eigenvalue weighted by molar-refractivity contribution is 5.67. The quantitative estimate of drug-likeness (QED) is 0.612. The van der Waals surface area contributed by atoms with Gasteiger partial charge in [-0.2, -0.15) is 5.26 Å². The van der Waals surface area contributed by atoms with Crippen molar-refractivity contribution in [3.8, 4) is 6.07 Å². The van der Waals surface area contributed by atoms with Gasteiger partial charge in [-0.25, -0.2) is 4.79 Å². The minimum atomic E-state index is -0.372. The van der Waals surface area contributed by atoms with Crippen molar-refractivity contribution >= 4 is 6.09 Å². The van der Waals surface area contributed by atoms with Crippen molar-refractivity contribution in [2.45, 2.75) is 13.3 Å². The van der Waals surface area contributed by atoms with Crippen molar-refractivity contribution in [2.75, 3.05) is 20.2 Å². The topological polar surface area (TPSA) is 53.3 Å². The van der Waals surface area contributed by atoms with E-state index in [-0.39, 0.29) is 6.09 Å². The first kappa shape index (κ1) is 9.76. The maximum absolute atomic E-state index is 10.8. The van der Waals surface area contributed by atoms with E-state index in [1.165, 1.54) is 4.90 Å². The Kier molecular flexibility index (Phi) is 4.91. The van der Waals surface area contributed by atoms with E-state index in [4.69, 9.17) is 5.26 Å². The number of ether oxygens (including phenoxy) is 1. The number of hydrogen-bond acceptors (Lipinski definition) is 3. The second kappa shape index (κ2) is 5.54. The molecule has 0 bridgehead atoms. The zero-order valence-electron chi connectivity index (χ0n) is 6.83. The van der Waals surface area contributed by atoms with Gasteiger partial charge in [0.25, 0.3) is 0 Å². The predicted molar refractivity (Wildman–Crippen MR) is 39.9 cm³/mol. The molecule has 0 saturated carbocycles. The van der Waals surface area contributed by atoms with E-state index < -0.39 is 0 Å². The summed E-state index contributed by atoms with van der Waals surface area (Å²) >= 11 is 0. The highest BCUT2D eigenvalue weighted by atomic mass is 16.5. The number of rotatable bonds is 3. The molecule has 0 saturated heterocycles. The molecule has 0 radical (unpaired) electrons. The van der Waals surface area contributed by atoms with Crippen molar-refractivity contribution in [2.24, 2.45) is 0 Å². The molecule has 0 N–H and O–H groups in total. The fraction of sp³-hybridized carbons (Fsp3) is 0.714. The summed E-state index contributed by atoms with van der Waals surface area (Å²) in [6.45, 7) is 2.54. The molecule has 1 amide bonds. The Bertz CT molecular complexity index is 162. The normalized spacial score (nSPS) is 8.45. The molecule has 62 valence electrons. The summed E-state index contributed by atoms with van der Waals surface area (Å²) in [6.07, 6.45) is -0.0299. The van der Waals surface area contributed by atoms with Crippen LogP contribution in [-0.4, -0.2) is 31.2 Å². The molecule has 0 rings (SSSR count). The van der Waals surface area contributed by atoms with Crippen molar-refractivity contribution in [1.29, 1.82) is 5.26 Å². The van der Waals surface area contributed by atoms with Crippen molar-refractivity contribution < 1.29 is 9.53 Å². The lowest BCUT2D eigenvalue weighted by molar-refractivity contribution is 0.117. The molecule has 4 heteroatoms. The second-order valence-electron chi connectivity index (χ2n) is 2.03. The maximum atomic E-state index is 10.8. The number of nitrogens with zero attached hydrogens (tertiary/aromatic N) is 2. The first-order valence-electron chi connectivity index (χ1n) is 3.47. The van der Waals surface area contributed by atoms with Gasteiger partial charge in [-0.1, -0.05) is 0 Å². The van der Waals surface area contributed by atoms with Crippen LogP contribution in [0.4, 0.5) is 4.79 Å². The fourth-order valence-electron chi connectivity index (χ4n) is 0.543. The van der Waals surface area contributed by atoms with Crippen molar-refractivity contribution in [3.05, 3.63) is 0 Å². The van der Waals surface area contributed by atoms with E-state index in [9.17, 15) is 4.79 Å². The van der Waals surface area contributed by atoms with E-state index in [2.05, 4.69) is 4.74 Å². The summed E-state index contributed by atoms with van der Waals surface area (Å²) < 4.78 is 4.68. The number of amides is 1. The summed E-state index contributed by atoms with van der Waals surface area (Å²) in [5, 5.41) is 8.20. The fourth-order valence-corrected chi connectivity index (χ4v) is 0.543. The Hall–Kier alpha value is -1.24. The van der Waals surface area contributed by atoms with E-state index in [0.717, 1.165) is 0 Å². The van der Waals surface area contributed by atoms with Crippen LogP contribution in [0.3, 0.4) is 0 Å². The number of carbonyl (C=O) groups is 1. The molecule has 0 heterocycles. The Morgan fingerprint density at radius 1 is 1.73 bits per heavy atom. The predicted octanol–water partition coefficient (Wildman–Crippen LogP) is 0.988. The Morgan fingerprint density at radius 2 is 2.36 bits per heavy atom. The van der Waals surface area contributed by atoms with Crippen LogP contribution in [0.2, 0.25) is 0 Å². The smallest absolute Gasteiger partial charge is 0.409 e. The number of carbonyl (C=O) groups excluding carboxylic acids is 1. The largest absolute Gasteiger partial charge is 0.450 e. The molecular formula is C7H12N2O2. The standard InChI is InChI=1S/C7H12N2O2/c1-3-11-7(10)9(2)6-4-5-8/h3-4,6H2,1-2H3. The summed E-state index contributed by atoms with van der Waals surface area (Å²) in [5.74, 6) is 0. The van der Waals surface area contributed by atoms with Crippen LogP contribution in [0, 0.1) is 11.3 Å². The number of hydrogen-bond donors (Lipinski definition) is 0. The van der Waals surface area contributed by atoms with E-state index in [0.29, 0.717) is 19.6 Å². The lowest BCUT2D eigenvalue weighted by Gasteiger charge is -2.13. The van der Waals surface area contributed by atoms with E-state index >= 15 is 0 Å². The lowest BCUT2D eigenvalue weighted by Crippen LogP contribution is -2.28. The van der Waals surface area contributed by atoms with E-state index in [1.54, 1.807) is 14.0 Å². The lowest BCUT2D eigenvalue weighted by atomic mass is 10.4. The minimum absolute atomic E-state index is 0.343. The van der Waals surface area contributed by atoms with Crippen LogP contribution >= 0.6 is 0 Å². The second-order valence-corrected chi connectivity index (χ2v) is 2.03. The van der Waals surface area contributed by atoms with Gasteiger partial charge in [0, 0.05) is 13.6 Å². The number of nitriles is 1. The van der Waals surface area contributed by atoms with Crippen LogP contribution in [0.15, 0.2) is 0 Å². The molecule has 11 heavy (non-hydrogen) atoms. The first-order chi connectivity index (χ1) is 5.22. The SMILES string of the molecule is CCOC(=O)N(C)CCC#N. The van der Waals surface area contributed by atoms with Gasteiger partial charge in [-0.3, -0.25) is 0 Å². The monoisotopic (exact) mass is 156 g/mol. The van der Waals surface area contributed by atoms with Gasteiger partial charge in [-0.15, -0.1) is 0 Å². The molecule has 4 nitrogen and oxygen atoms in total. The van der Waals surface area contributed by atoms with Crippen LogP contribution in [0.25, 0.3) is 0 Å². The molecular weight excluding hydrogens is 144 g/mol. The highest BCUT2D eigenvalue weighted by Gasteiger charge is 2.06. The summed E-state index contributed by atoms with van der Waals surface area (Å²) in [6, 6.07) is 1.95. The van der Waals surface area contributed by atoms with Gasteiger partial charge in [0.1, 0.15) is 0 Å². The van der Waals surface area contributed by atoms with Crippen molar-refractivity contribution in [1.82, 2.24) is 4.90 Å². The molecule has 0 spiro atoms. The van der Waals surface area contributed by atoms with Crippen LogP contribution in [-0.2, 0) is 4.74 Å². The zero-order valence-corrected chi connectivity index (χ0v) is 6.83. The van der Waals surface area contributed by atoms with Gasteiger partial charge in [-0.05, 0) is 6.92 Å². The summed E-state index contributed by atoms with van der Waals surface area (Å²) in [5.41, 5.74) is 0. The molecule has 0 aromatic carbocycles.